The Morgan fingerprint density at radius 3 is 2.52 bits per heavy atom. The zero-order valence-electron chi connectivity index (χ0n) is 12.8. The molecule has 6 nitrogen and oxygen atoms in total. The third kappa shape index (κ3) is 3.75. The zero-order chi connectivity index (χ0) is 15.2. The van der Waals surface area contributed by atoms with Crippen molar-refractivity contribution in [3.8, 4) is 11.5 Å². The average Bonchev–Trinajstić information content (AvgIpc) is 2.52. The van der Waals surface area contributed by atoms with Crippen LogP contribution in [-0.2, 0) is 6.54 Å². The summed E-state index contributed by atoms with van der Waals surface area (Å²) >= 11 is 0. The molecule has 1 aromatic carbocycles. The average molecular weight is 288 g/mol. The number of ether oxygens (including phenoxy) is 2. The lowest BCUT2D eigenvalue weighted by atomic mass is 10.2. The number of nitrogens with zero attached hydrogens (tertiary/aromatic N) is 3. The van der Waals surface area contributed by atoms with Gasteiger partial charge in [0.1, 0.15) is 5.82 Å². The quantitative estimate of drug-likeness (QED) is 0.879. The van der Waals surface area contributed by atoms with Crippen LogP contribution in [0.25, 0.3) is 0 Å². The second-order valence-corrected chi connectivity index (χ2v) is 4.68. The van der Waals surface area contributed by atoms with Crippen LogP contribution in [0.15, 0.2) is 30.5 Å². The highest BCUT2D eigenvalue weighted by molar-refractivity contribution is 5.45. The lowest BCUT2D eigenvalue weighted by Gasteiger charge is -2.13. The number of anilines is 2. The third-order valence-electron chi connectivity index (χ3n) is 2.96. The smallest absolute Gasteiger partial charge is 0.226 e. The summed E-state index contributed by atoms with van der Waals surface area (Å²) in [4.78, 5) is 10.5. The highest BCUT2D eigenvalue weighted by atomic mass is 16.5. The van der Waals surface area contributed by atoms with E-state index >= 15 is 0 Å². The Balaban J connectivity index is 2.07. The first-order valence-electron chi connectivity index (χ1n) is 6.59. The fourth-order valence-electron chi connectivity index (χ4n) is 1.85. The number of hydrogen-bond acceptors (Lipinski definition) is 6. The highest BCUT2D eigenvalue weighted by Crippen LogP contribution is 2.27. The van der Waals surface area contributed by atoms with Crippen LogP contribution in [0.5, 0.6) is 11.5 Å². The topological polar surface area (TPSA) is 59.5 Å². The summed E-state index contributed by atoms with van der Waals surface area (Å²) < 4.78 is 10.5. The Bertz CT molecular complexity index is 602. The van der Waals surface area contributed by atoms with Gasteiger partial charge in [-0.05, 0) is 23.8 Å². The second kappa shape index (κ2) is 6.78. The van der Waals surface area contributed by atoms with Crippen LogP contribution < -0.4 is 19.7 Å². The monoisotopic (exact) mass is 288 g/mol. The molecule has 1 aromatic heterocycles. The number of aromatic nitrogens is 2. The van der Waals surface area contributed by atoms with Crippen LogP contribution in [0.2, 0.25) is 0 Å². The summed E-state index contributed by atoms with van der Waals surface area (Å²) in [5, 5.41) is 3.27. The fourth-order valence-corrected chi connectivity index (χ4v) is 1.85. The minimum atomic E-state index is 0.643. The summed E-state index contributed by atoms with van der Waals surface area (Å²) in [7, 11) is 7.07. The van der Waals surface area contributed by atoms with Crippen LogP contribution in [0.4, 0.5) is 11.8 Å². The van der Waals surface area contributed by atoms with E-state index in [1.54, 1.807) is 20.4 Å². The summed E-state index contributed by atoms with van der Waals surface area (Å²) in [6.45, 7) is 0.643. The molecule has 0 spiro atoms. The lowest BCUT2D eigenvalue weighted by molar-refractivity contribution is 0.354. The summed E-state index contributed by atoms with van der Waals surface area (Å²) in [6, 6.07) is 7.66. The molecule has 112 valence electrons. The molecule has 0 unspecified atom stereocenters. The molecule has 0 aliphatic carbocycles. The van der Waals surface area contributed by atoms with Crippen molar-refractivity contribution in [1.29, 1.82) is 0 Å². The third-order valence-corrected chi connectivity index (χ3v) is 2.96. The second-order valence-electron chi connectivity index (χ2n) is 4.68. The molecule has 1 heterocycles. The van der Waals surface area contributed by atoms with Gasteiger partial charge >= 0.3 is 0 Å². The Labute approximate surface area is 124 Å². The minimum Gasteiger partial charge on any atom is -0.493 e. The van der Waals surface area contributed by atoms with Crippen molar-refractivity contribution in [3.05, 3.63) is 36.0 Å². The van der Waals surface area contributed by atoms with Crippen molar-refractivity contribution in [2.75, 3.05) is 38.5 Å². The van der Waals surface area contributed by atoms with E-state index in [2.05, 4.69) is 15.3 Å². The summed E-state index contributed by atoms with van der Waals surface area (Å²) in [6.07, 6.45) is 1.74. The van der Waals surface area contributed by atoms with Gasteiger partial charge in [0.2, 0.25) is 5.95 Å². The Kier molecular flexibility index (Phi) is 4.81. The fraction of sp³-hybridized carbons (Fsp3) is 0.333. The van der Waals surface area contributed by atoms with Crippen molar-refractivity contribution >= 4 is 11.8 Å². The van der Waals surface area contributed by atoms with Gasteiger partial charge in [-0.1, -0.05) is 6.07 Å². The van der Waals surface area contributed by atoms with E-state index in [1.165, 1.54) is 0 Å². The number of rotatable bonds is 6. The number of methoxy groups -OCH3 is 2. The summed E-state index contributed by atoms with van der Waals surface area (Å²) in [5.41, 5.74) is 1.08. The van der Waals surface area contributed by atoms with Crippen LogP contribution in [0.1, 0.15) is 5.56 Å². The molecule has 2 aromatic rings. The van der Waals surface area contributed by atoms with E-state index in [0.717, 1.165) is 17.1 Å². The highest BCUT2D eigenvalue weighted by Gasteiger charge is 2.05. The minimum absolute atomic E-state index is 0.643. The van der Waals surface area contributed by atoms with Crippen LogP contribution in [0.3, 0.4) is 0 Å². The molecule has 0 bridgehead atoms. The largest absolute Gasteiger partial charge is 0.493 e. The van der Waals surface area contributed by atoms with E-state index < -0.39 is 0 Å². The first-order chi connectivity index (χ1) is 10.1. The van der Waals surface area contributed by atoms with Gasteiger partial charge in [-0.15, -0.1) is 0 Å². The van der Waals surface area contributed by atoms with E-state index in [-0.39, 0.29) is 0 Å². The maximum atomic E-state index is 5.29. The van der Waals surface area contributed by atoms with E-state index in [1.807, 2.05) is 43.3 Å². The van der Waals surface area contributed by atoms with Crippen LogP contribution in [-0.4, -0.2) is 38.3 Å². The molecule has 0 saturated carbocycles. The molecule has 0 fully saturated rings. The number of hydrogen-bond donors (Lipinski definition) is 1. The molecular formula is C15H20N4O2. The van der Waals surface area contributed by atoms with Gasteiger partial charge < -0.3 is 19.7 Å². The zero-order valence-corrected chi connectivity index (χ0v) is 12.8. The normalized spacial score (nSPS) is 10.1. The maximum Gasteiger partial charge on any atom is 0.226 e. The lowest BCUT2D eigenvalue weighted by Crippen LogP contribution is -2.13. The molecule has 0 atom stereocenters. The molecule has 0 amide bonds. The van der Waals surface area contributed by atoms with Crippen LogP contribution >= 0.6 is 0 Å². The molecule has 0 radical (unpaired) electrons. The number of nitrogens with one attached hydrogen (secondary N) is 1. The van der Waals surface area contributed by atoms with Crippen molar-refractivity contribution in [2.24, 2.45) is 0 Å². The predicted octanol–water partition coefficient (Wildman–Crippen LogP) is 2.17. The molecule has 1 N–H and O–H groups in total. The number of benzene rings is 1. The van der Waals surface area contributed by atoms with Gasteiger partial charge in [-0.2, -0.15) is 4.98 Å². The van der Waals surface area contributed by atoms with Gasteiger partial charge in [0.25, 0.3) is 0 Å². The van der Waals surface area contributed by atoms with E-state index in [4.69, 9.17) is 9.47 Å². The van der Waals surface area contributed by atoms with Crippen LogP contribution in [0, 0.1) is 0 Å². The first kappa shape index (κ1) is 14.9. The Morgan fingerprint density at radius 2 is 1.86 bits per heavy atom. The van der Waals surface area contributed by atoms with Gasteiger partial charge in [0, 0.05) is 26.8 Å². The SMILES string of the molecule is COc1ccc(CNc2ccnc(N(C)C)n2)cc1OC. The molecule has 21 heavy (non-hydrogen) atoms. The van der Waals surface area contributed by atoms with Crippen molar-refractivity contribution in [1.82, 2.24) is 9.97 Å². The Hall–Kier alpha value is -2.50. The van der Waals surface area contributed by atoms with Crippen molar-refractivity contribution in [3.63, 3.8) is 0 Å². The van der Waals surface area contributed by atoms with E-state index in [0.29, 0.717) is 18.2 Å². The predicted molar refractivity (Wildman–Crippen MR) is 83.2 cm³/mol. The molecule has 0 aliphatic rings. The summed E-state index contributed by atoms with van der Waals surface area (Å²) in [5.74, 6) is 2.89. The maximum absolute atomic E-state index is 5.29. The van der Waals surface area contributed by atoms with Gasteiger partial charge in [-0.25, -0.2) is 4.98 Å². The first-order valence-corrected chi connectivity index (χ1v) is 6.59. The van der Waals surface area contributed by atoms with Gasteiger partial charge in [0.15, 0.2) is 11.5 Å². The molecular weight excluding hydrogens is 268 g/mol. The van der Waals surface area contributed by atoms with E-state index in [9.17, 15) is 0 Å². The van der Waals surface area contributed by atoms with Crippen molar-refractivity contribution < 1.29 is 9.47 Å². The Morgan fingerprint density at radius 1 is 1.10 bits per heavy atom. The molecule has 0 saturated heterocycles. The van der Waals surface area contributed by atoms with Crippen molar-refractivity contribution in [2.45, 2.75) is 6.54 Å². The molecule has 0 aliphatic heterocycles. The molecule has 6 heteroatoms. The standard InChI is InChI=1S/C15H20N4O2/c1-19(2)15-16-8-7-14(18-15)17-10-11-5-6-12(20-3)13(9-11)21-4/h5-9H,10H2,1-4H3,(H,16,17,18). The van der Waals surface area contributed by atoms with Gasteiger partial charge in [-0.3, -0.25) is 0 Å². The van der Waals surface area contributed by atoms with Gasteiger partial charge in [0.05, 0.1) is 14.2 Å². The molecule has 2 rings (SSSR count).